The second-order valence-corrected chi connectivity index (χ2v) is 3.44. The molecular formula is C12H17N3O2. The molecule has 1 atom stereocenters. The van der Waals surface area contributed by atoms with Gasteiger partial charge in [-0.25, -0.2) is 4.98 Å². The highest BCUT2D eigenvalue weighted by Gasteiger charge is 2.11. The monoisotopic (exact) mass is 235 g/mol. The largest absolute Gasteiger partial charge is 0.478 e. The van der Waals surface area contributed by atoms with Gasteiger partial charge in [-0.3, -0.25) is 4.79 Å². The van der Waals surface area contributed by atoms with E-state index in [0.717, 1.165) is 0 Å². The summed E-state index contributed by atoms with van der Waals surface area (Å²) in [7, 11) is 0. The number of hydrogen-bond donors (Lipinski definition) is 2. The van der Waals surface area contributed by atoms with E-state index < -0.39 is 6.04 Å². The molecule has 0 radical (unpaired) electrons. The number of ether oxygens (including phenoxy) is 1. The van der Waals surface area contributed by atoms with Crippen molar-refractivity contribution in [3.05, 3.63) is 31.0 Å². The van der Waals surface area contributed by atoms with Crippen molar-refractivity contribution in [3.63, 3.8) is 0 Å². The van der Waals surface area contributed by atoms with Gasteiger partial charge in [-0.2, -0.15) is 0 Å². The number of nitrogens with one attached hydrogen (secondary N) is 1. The van der Waals surface area contributed by atoms with Crippen LogP contribution in [0.2, 0.25) is 0 Å². The van der Waals surface area contributed by atoms with Crippen molar-refractivity contribution in [2.75, 3.05) is 11.9 Å². The number of nitrogens with zero attached hydrogens (tertiary/aromatic N) is 1. The molecule has 5 nitrogen and oxygen atoms in total. The minimum absolute atomic E-state index is 0.254. The number of amides is 1. The maximum atomic E-state index is 11.6. The highest BCUT2D eigenvalue weighted by atomic mass is 16.5. The van der Waals surface area contributed by atoms with E-state index in [1.807, 2.05) is 6.92 Å². The molecule has 0 aliphatic rings. The van der Waals surface area contributed by atoms with Crippen LogP contribution >= 0.6 is 0 Å². The van der Waals surface area contributed by atoms with E-state index in [9.17, 15) is 4.79 Å². The molecule has 1 aromatic heterocycles. The Kier molecular flexibility index (Phi) is 5.16. The number of rotatable bonds is 6. The third-order valence-corrected chi connectivity index (χ3v) is 2.05. The minimum atomic E-state index is -0.584. The highest BCUT2D eigenvalue weighted by molar-refractivity contribution is 5.94. The van der Waals surface area contributed by atoms with Crippen LogP contribution in [0.4, 0.5) is 5.69 Å². The molecule has 0 bridgehead atoms. The molecule has 17 heavy (non-hydrogen) atoms. The fourth-order valence-electron chi connectivity index (χ4n) is 1.21. The zero-order valence-corrected chi connectivity index (χ0v) is 9.85. The Morgan fingerprint density at radius 3 is 3.00 bits per heavy atom. The first-order valence-electron chi connectivity index (χ1n) is 5.43. The molecule has 92 valence electrons. The number of anilines is 1. The fraction of sp³-hybridized carbons (Fsp3) is 0.333. The lowest BCUT2D eigenvalue weighted by molar-refractivity contribution is -0.117. The summed E-state index contributed by atoms with van der Waals surface area (Å²) in [6, 6.07) is 2.83. The molecule has 1 unspecified atom stereocenters. The van der Waals surface area contributed by atoms with Gasteiger partial charge >= 0.3 is 0 Å². The second-order valence-electron chi connectivity index (χ2n) is 3.44. The van der Waals surface area contributed by atoms with E-state index in [-0.39, 0.29) is 5.91 Å². The Labute approximate surface area is 101 Å². The van der Waals surface area contributed by atoms with Gasteiger partial charge in [0.1, 0.15) is 0 Å². The smallest absolute Gasteiger partial charge is 0.241 e. The average Bonchev–Trinajstić information content (AvgIpc) is 2.32. The quantitative estimate of drug-likeness (QED) is 0.729. The maximum absolute atomic E-state index is 11.6. The SMILES string of the molecule is C=CCC(N)C(=O)Nc1ccc(OCC)nc1. The molecule has 0 saturated carbocycles. The second kappa shape index (κ2) is 6.65. The molecule has 1 heterocycles. The zero-order valence-electron chi connectivity index (χ0n) is 9.85. The van der Waals surface area contributed by atoms with Crippen LogP contribution in [0.1, 0.15) is 13.3 Å². The number of carbonyl (C=O) groups excluding carboxylic acids is 1. The Bertz CT molecular complexity index is 376. The van der Waals surface area contributed by atoms with Crippen LogP contribution in [0.5, 0.6) is 5.88 Å². The van der Waals surface area contributed by atoms with Gasteiger partial charge in [0.25, 0.3) is 0 Å². The van der Waals surface area contributed by atoms with Gasteiger partial charge in [-0.1, -0.05) is 6.08 Å². The summed E-state index contributed by atoms with van der Waals surface area (Å²) >= 11 is 0. The lowest BCUT2D eigenvalue weighted by Gasteiger charge is -2.10. The molecule has 0 aromatic carbocycles. The molecule has 1 rings (SSSR count). The lowest BCUT2D eigenvalue weighted by atomic mass is 10.2. The third kappa shape index (κ3) is 4.24. The van der Waals surface area contributed by atoms with Crippen molar-refractivity contribution in [1.82, 2.24) is 4.98 Å². The van der Waals surface area contributed by atoms with Crippen LogP contribution in [0, 0.1) is 0 Å². The fourth-order valence-corrected chi connectivity index (χ4v) is 1.21. The van der Waals surface area contributed by atoms with Crippen LogP contribution in [0.3, 0.4) is 0 Å². The molecule has 1 amide bonds. The first-order valence-corrected chi connectivity index (χ1v) is 5.43. The Morgan fingerprint density at radius 2 is 2.47 bits per heavy atom. The van der Waals surface area contributed by atoms with Crippen molar-refractivity contribution >= 4 is 11.6 Å². The summed E-state index contributed by atoms with van der Waals surface area (Å²) in [6.07, 6.45) is 3.58. The first-order chi connectivity index (χ1) is 8.17. The summed E-state index contributed by atoms with van der Waals surface area (Å²) in [5, 5.41) is 2.67. The van der Waals surface area contributed by atoms with Gasteiger partial charge in [0.15, 0.2) is 0 Å². The van der Waals surface area contributed by atoms with Gasteiger partial charge < -0.3 is 15.8 Å². The van der Waals surface area contributed by atoms with Crippen LogP contribution in [0.25, 0.3) is 0 Å². The van der Waals surface area contributed by atoms with Crippen LogP contribution < -0.4 is 15.8 Å². The van der Waals surface area contributed by atoms with E-state index in [1.54, 1.807) is 18.2 Å². The molecule has 5 heteroatoms. The number of hydrogen-bond acceptors (Lipinski definition) is 4. The average molecular weight is 235 g/mol. The molecule has 0 fully saturated rings. The normalized spacial score (nSPS) is 11.6. The molecule has 0 aliphatic heterocycles. The Morgan fingerprint density at radius 1 is 1.71 bits per heavy atom. The molecule has 3 N–H and O–H groups in total. The van der Waals surface area contributed by atoms with Gasteiger partial charge in [0.2, 0.25) is 11.8 Å². The summed E-state index contributed by atoms with van der Waals surface area (Å²) in [5.41, 5.74) is 6.22. The van der Waals surface area contributed by atoms with Crippen molar-refractivity contribution in [3.8, 4) is 5.88 Å². The van der Waals surface area contributed by atoms with Gasteiger partial charge in [-0.15, -0.1) is 6.58 Å². The molecular weight excluding hydrogens is 218 g/mol. The van der Waals surface area contributed by atoms with Crippen molar-refractivity contribution in [2.24, 2.45) is 5.73 Å². The van der Waals surface area contributed by atoms with Crippen LogP contribution in [-0.4, -0.2) is 23.5 Å². The van der Waals surface area contributed by atoms with Crippen molar-refractivity contribution in [1.29, 1.82) is 0 Å². The minimum Gasteiger partial charge on any atom is -0.478 e. The molecule has 0 saturated heterocycles. The van der Waals surface area contributed by atoms with E-state index in [2.05, 4.69) is 16.9 Å². The highest BCUT2D eigenvalue weighted by Crippen LogP contribution is 2.11. The number of carbonyl (C=O) groups is 1. The Balaban J connectivity index is 2.56. The number of pyridine rings is 1. The number of aromatic nitrogens is 1. The van der Waals surface area contributed by atoms with E-state index in [0.29, 0.717) is 24.6 Å². The van der Waals surface area contributed by atoms with Crippen molar-refractivity contribution < 1.29 is 9.53 Å². The van der Waals surface area contributed by atoms with Gasteiger partial charge in [0, 0.05) is 6.07 Å². The standard InChI is InChI=1S/C12H17N3O2/c1-3-5-10(13)12(16)15-9-6-7-11(14-8-9)17-4-2/h3,6-8,10H,1,4-5,13H2,2H3,(H,15,16). The summed E-state index contributed by atoms with van der Waals surface area (Å²) < 4.78 is 5.19. The number of nitrogens with two attached hydrogens (primary N) is 1. The Hall–Kier alpha value is -1.88. The predicted molar refractivity (Wildman–Crippen MR) is 66.8 cm³/mol. The van der Waals surface area contributed by atoms with Gasteiger partial charge in [-0.05, 0) is 19.4 Å². The van der Waals surface area contributed by atoms with E-state index >= 15 is 0 Å². The third-order valence-electron chi connectivity index (χ3n) is 2.05. The zero-order chi connectivity index (χ0) is 12.7. The maximum Gasteiger partial charge on any atom is 0.241 e. The molecule has 1 aromatic rings. The first kappa shape index (κ1) is 13.2. The van der Waals surface area contributed by atoms with Crippen LogP contribution in [-0.2, 0) is 4.79 Å². The summed E-state index contributed by atoms with van der Waals surface area (Å²) in [6.45, 7) is 5.97. The summed E-state index contributed by atoms with van der Waals surface area (Å²) in [5.74, 6) is 0.275. The van der Waals surface area contributed by atoms with E-state index in [4.69, 9.17) is 10.5 Å². The van der Waals surface area contributed by atoms with Crippen LogP contribution in [0.15, 0.2) is 31.0 Å². The molecule has 0 aliphatic carbocycles. The van der Waals surface area contributed by atoms with Gasteiger partial charge in [0.05, 0.1) is 24.5 Å². The summed E-state index contributed by atoms with van der Waals surface area (Å²) in [4.78, 5) is 15.6. The molecule has 0 spiro atoms. The topological polar surface area (TPSA) is 77.2 Å². The van der Waals surface area contributed by atoms with Crippen molar-refractivity contribution in [2.45, 2.75) is 19.4 Å². The van der Waals surface area contributed by atoms with E-state index in [1.165, 1.54) is 6.20 Å². The predicted octanol–water partition coefficient (Wildman–Crippen LogP) is 1.32. The lowest BCUT2D eigenvalue weighted by Crippen LogP contribution is -2.35.